The summed E-state index contributed by atoms with van der Waals surface area (Å²) < 4.78 is 14.7. The minimum absolute atomic E-state index is 0.0354. The number of benzene rings is 1. The van der Waals surface area contributed by atoms with E-state index in [0.29, 0.717) is 22.8 Å². The van der Waals surface area contributed by atoms with E-state index < -0.39 is 11.8 Å². The molecular formula is C17H15FN2O2. The molecule has 0 aliphatic heterocycles. The van der Waals surface area contributed by atoms with E-state index in [9.17, 15) is 14.3 Å². The van der Waals surface area contributed by atoms with Gasteiger partial charge in [-0.15, -0.1) is 0 Å². The Hall–Kier alpha value is -2.69. The molecule has 1 aromatic carbocycles. The summed E-state index contributed by atoms with van der Waals surface area (Å²) in [6, 6.07) is 10.3. The molecule has 0 spiro atoms. The maximum Gasteiger partial charge on any atom is 0.355 e. The molecule has 0 saturated carbocycles. The van der Waals surface area contributed by atoms with E-state index in [2.05, 4.69) is 18.8 Å². The van der Waals surface area contributed by atoms with Crippen LogP contribution in [-0.4, -0.2) is 20.5 Å². The number of nitrogens with zero attached hydrogens (tertiary/aromatic N) is 2. The highest BCUT2D eigenvalue weighted by Crippen LogP contribution is 2.26. The van der Waals surface area contributed by atoms with E-state index in [1.165, 1.54) is 16.5 Å². The number of imidazole rings is 1. The molecule has 112 valence electrons. The maximum absolute atomic E-state index is 13.4. The van der Waals surface area contributed by atoms with Gasteiger partial charge in [-0.1, -0.05) is 38.1 Å². The molecule has 1 N–H and O–H groups in total. The number of hydrogen-bond acceptors (Lipinski definition) is 2. The molecule has 2 heterocycles. The van der Waals surface area contributed by atoms with Crippen molar-refractivity contribution in [3.8, 4) is 11.3 Å². The van der Waals surface area contributed by atoms with Gasteiger partial charge in [0.05, 0.1) is 0 Å². The third-order valence-electron chi connectivity index (χ3n) is 3.64. The van der Waals surface area contributed by atoms with Gasteiger partial charge in [-0.25, -0.2) is 14.2 Å². The number of aromatic nitrogens is 2. The standard InChI is InChI=1S/C17H15FN2O2/c1-10(2)11-3-5-12(6-4-11)15-16(17(21)22)20-9-13(18)7-8-14(20)19-15/h3-10H,1-2H3,(H,21,22). The van der Waals surface area contributed by atoms with Gasteiger partial charge in [0.2, 0.25) is 0 Å². The molecule has 0 aliphatic rings. The van der Waals surface area contributed by atoms with Gasteiger partial charge in [0.15, 0.2) is 5.69 Å². The van der Waals surface area contributed by atoms with Crippen LogP contribution in [0.15, 0.2) is 42.6 Å². The minimum Gasteiger partial charge on any atom is -0.476 e. The second-order valence-corrected chi connectivity index (χ2v) is 5.47. The summed E-state index contributed by atoms with van der Waals surface area (Å²) in [5.74, 6) is -1.25. The summed E-state index contributed by atoms with van der Waals surface area (Å²) in [6.45, 7) is 4.18. The Bertz CT molecular complexity index is 851. The highest BCUT2D eigenvalue weighted by atomic mass is 19.1. The third-order valence-corrected chi connectivity index (χ3v) is 3.64. The molecule has 3 rings (SSSR count). The van der Waals surface area contributed by atoms with Gasteiger partial charge in [0.1, 0.15) is 17.2 Å². The fourth-order valence-electron chi connectivity index (χ4n) is 2.45. The number of pyridine rings is 1. The van der Waals surface area contributed by atoms with E-state index in [1.54, 1.807) is 0 Å². The summed E-state index contributed by atoms with van der Waals surface area (Å²) in [7, 11) is 0. The van der Waals surface area contributed by atoms with E-state index >= 15 is 0 Å². The Morgan fingerprint density at radius 1 is 1.18 bits per heavy atom. The van der Waals surface area contributed by atoms with Crippen molar-refractivity contribution in [2.75, 3.05) is 0 Å². The first-order valence-electron chi connectivity index (χ1n) is 6.98. The van der Waals surface area contributed by atoms with Gasteiger partial charge < -0.3 is 5.11 Å². The summed E-state index contributed by atoms with van der Waals surface area (Å²) in [4.78, 5) is 15.9. The Labute approximate surface area is 126 Å². The third kappa shape index (κ3) is 2.35. The van der Waals surface area contributed by atoms with Crippen molar-refractivity contribution in [1.29, 1.82) is 0 Å². The fraction of sp³-hybridized carbons (Fsp3) is 0.176. The molecule has 0 aliphatic carbocycles. The van der Waals surface area contributed by atoms with Crippen molar-refractivity contribution >= 4 is 11.6 Å². The Morgan fingerprint density at radius 2 is 1.86 bits per heavy atom. The van der Waals surface area contributed by atoms with E-state index in [4.69, 9.17) is 0 Å². The van der Waals surface area contributed by atoms with Crippen LogP contribution in [0.5, 0.6) is 0 Å². The molecule has 0 saturated heterocycles. The SMILES string of the molecule is CC(C)c1ccc(-c2nc3ccc(F)cn3c2C(=O)O)cc1. The zero-order valence-corrected chi connectivity index (χ0v) is 12.2. The zero-order chi connectivity index (χ0) is 15.9. The van der Waals surface area contributed by atoms with Crippen LogP contribution in [0, 0.1) is 5.82 Å². The van der Waals surface area contributed by atoms with Crippen LogP contribution in [0.3, 0.4) is 0 Å². The maximum atomic E-state index is 13.4. The monoisotopic (exact) mass is 298 g/mol. The number of carboxylic acids is 1. The Balaban J connectivity index is 2.21. The van der Waals surface area contributed by atoms with Crippen LogP contribution < -0.4 is 0 Å². The van der Waals surface area contributed by atoms with Crippen molar-refractivity contribution < 1.29 is 14.3 Å². The lowest BCUT2D eigenvalue weighted by Gasteiger charge is -2.06. The van der Waals surface area contributed by atoms with E-state index in [-0.39, 0.29) is 5.69 Å². The Morgan fingerprint density at radius 3 is 2.45 bits per heavy atom. The number of aromatic carboxylic acids is 1. The fourth-order valence-corrected chi connectivity index (χ4v) is 2.45. The van der Waals surface area contributed by atoms with Crippen molar-refractivity contribution in [2.45, 2.75) is 19.8 Å². The first kappa shape index (κ1) is 14.3. The first-order valence-corrected chi connectivity index (χ1v) is 6.98. The molecule has 22 heavy (non-hydrogen) atoms. The number of halogens is 1. The molecule has 0 radical (unpaired) electrons. The molecule has 5 heteroatoms. The van der Waals surface area contributed by atoms with Gasteiger partial charge in [-0.2, -0.15) is 0 Å². The highest BCUT2D eigenvalue weighted by molar-refractivity contribution is 5.94. The summed E-state index contributed by atoms with van der Waals surface area (Å²) in [6.07, 6.45) is 1.14. The highest BCUT2D eigenvalue weighted by Gasteiger charge is 2.20. The van der Waals surface area contributed by atoms with Gasteiger partial charge >= 0.3 is 5.97 Å². The van der Waals surface area contributed by atoms with Crippen LogP contribution in [0.25, 0.3) is 16.9 Å². The second-order valence-electron chi connectivity index (χ2n) is 5.47. The molecule has 0 bridgehead atoms. The molecule has 0 amide bonds. The van der Waals surface area contributed by atoms with Crippen LogP contribution in [0.1, 0.15) is 35.8 Å². The minimum atomic E-state index is -1.14. The van der Waals surface area contributed by atoms with E-state index in [1.807, 2.05) is 24.3 Å². The largest absolute Gasteiger partial charge is 0.476 e. The molecule has 4 nitrogen and oxygen atoms in total. The quantitative estimate of drug-likeness (QED) is 0.796. The molecule has 0 unspecified atom stereocenters. The molecular weight excluding hydrogens is 283 g/mol. The topological polar surface area (TPSA) is 54.6 Å². The molecule has 0 atom stereocenters. The number of fused-ring (bicyclic) bond motifs is 1. The van der Waals surface area contributed by atoms with Gasteiger partial charge in [0, 0.05) is 11.8 Å². The predicted molar refractivity (Wildman–Crippen MR) is 81.6 cm³/mol. The normalized spacial score (nSPS) is 11.3. The van der Waals surface area contributed by atoms with Gasteiger partial charge in [0.25, 0.3) is 0 Å². The lowest BCUT2D eigenvalue weighted by Crippen LogP contribution is -2.04. The second kappa shape index (κ2) is 5.26. The molecule has 0 fully saturated rings. The number of carboxylic acid groups (broad SMARTS) is 1. The predicted octanol–water partition coefficient (Wildman–Crippen LogP) is 3.96. The first-order chi connectivity index (χ1) is 10.5. The van der Waals surface area contributed by atoms with Crippen molar-refractivity contribution in [3.05, 3.63) is 59.7 Å². The van der Waals surface area contributed by atoms with Crippen molar-refractivity contribution in [3.63, 3.8) is 0 Å². The number of carbonyl (C=O) groups is 1. The summed E-state index contributed by atoms with van der Waals surface area (Å²) >= 11 is 0. The Kier molecular flexibility index (Phi) is 3.41. The smallest absolute Gasteiger partial charge is 0.355 e. The van der Waals surface area contributed by atoms with Gasteiger partial charge in [-0.3, -0.25) is 4.40 Å². The zero-order valence-electron chi connectivity index (χ0n) is 12.2. The number of rotatable bonds is 3. The van der Waals surface area contributed by atoms with Crippen LogP contribution in [0.4, 0.5) is 4.39 Å². The average Bonchev–Trinajstić information content (AvgIpc) is 2.85. The van der Waals surface area contributed by atoms with Crippen molar-refractivity contribution in [1.82, 2.24) is 9.38 Å². The van der Waals surface area contributed by atoms with Gasteiger partial charge in [-0.05, 0) is 23.6 Å². The number of hydrogen-bond donors (Lipinski definition) is 1. The molecule has 3 aromatic rings. The summed E-state index contributed by atoms with van der Waals surface area (Å²) in [5.41, 5.74) is 2.57. The lowest BCUT2D eigenvalue weighted by molar-refractivity contribution is 0.0690. The van der Waals surface area contributed by atoms with Crippen LogP contribution in [-0.2, 0) is 0 Å². The van der Waals surface area contributed by atoms with Crippen molar-refractivity contribution in [2.24, 2.45) is 0 Å². The van der Waals surface area contributed by atoms with Crippen LogP contribution in [0.2, 0.25) is 0 Å². The lowest BCUT2D eigenvalue weighted by atomic mass is 10.0. The average molecular weight is 298 g/mol. The molecule has 2 aromatic heterocycles. The summed E-state index contributed by atoms with van der Waals surface area (Å²) in [5, 5.41) is 9.46. The van der Waals surface area contributed by atoms with E-state index in [0.717, 1.165) is 11.8 Å². The van der Waals surface area contributed by atoms with Crippen LogP contribution >= 0.6 is 0 Å².